The first-order chi connectivity index (χ1) is 16.5. The minimum Gasteiger partial charge on any atom is -0.481 e. The average molecular weight is 504 g/mol. The number of hydrogen-bond acceptors (Lipinski definition) is 5. The van der Waals surface area contributed by atoms with E-state index < -0.39 is 14.8 Å². The molecule has 0 aromatic carbocycles. The third-order valence-electron chi connectivity index (χ3n) is 5.43. The SMILES string of the molecule is CCCCCCCC/C=C\CCCCCCCC(=O)O.CCO[Si](CCCN)(OCC)OCC. The van der Waals surface area contributed by atoms with E-state index in [1.165, 1.54) is 70.6 Å². The Balaban J connectivity index is 0. The third kappa shape index (κ3) is 25.9. The number of carboxylic acids is 1. The van der Waals surface area contributed by atoms with E-state index in [-0.39, 0.29) is 0 Å². The number of unbranched alkanes of at least 4 members (excludes halogenated alkanes) is 11. The number of carboxylic acid groups (broad SMARTS) is 1. The molecule has 0 saturated heterocycles. The van der Waals surface area contributed by atoms with E-state index in [0.29, 0.717) is 32.8 Å². The molecule has 204 valence electrons. The maximum atomic E-state index is 10.3. The van der Waals surface area contributed by atoms with Gasteiger partial charge in [-0.1, -0.05) is 70.4 Å². The Morgan fingerprint density at radius 2 is 1.15 bits per heavy atom. The monoisotopic (exact) mass is 503 g/mol. The first-order valence-corrected chi connectivity index (χ1v) is 15.9. The molecule has 6 nitrogen and oxygen atoms in total. The molecule has 0 heterocycles. The van der Waals surface area contributed by atoms with Crippen LogP contribution in [0.4, 0.5) is 0 Å². The van der Waals surface area contributed by atoms with Crippen LogP contribution in [-0.2, 0) is 18.1 Å². The maximum Gasteiger partial charge on any atom is 0.500 e. The van der Waals surface area contributed by atoms with Gasteiger partial charge in [-0.2, -0.15) is 0 Å². The number of allylic oxidation sites excluding steroid dienone is 2. The molecule has 0 spiro atoms. The number of nitrogens with two attached hydrogens (primary N) is 1. The molecule has 0 aliphatic carbocycles. The van der Waals surface area contributed by atoms with Crippen molar-refractivity contribution in [2.45, 2.75) is 130 Å². The molecule has 0 saturated carbocycles. The number of rotatable bonds is 24. The van der Waals surface area contributed by atoms with Gasteiger partial charge in [-0.3, -0.25) is 4.79 Å². The molecular weight excluding hydrogens is 446 g/mol. The lowest BCUT2D eigenvalue weighted by atomic mass is 10.1. The quantitative estimate of drug-likeness (QED) is 0.0805. The average Bonchev–Trinajstić information content (AvgIpc) is 2.81. The van der Waals surface area contributed by atoms with Gasteiger partial charge in [0.25, 0.3) is 0 Å². The fourth-order valence-corrected chi connectivity index (χ4v) is 6.31. The highest BCUT2D eigenvalue weighted by Crippen LogP contribution is 2.17. The first-order valence-electron chi connectivity index (χ1n) is 14.0. The summed E-state index contributed by atoms with van der Waals surface area (Å²) in [5, 5.41) is 8.51. The summed E-state index contributed by atoms with van der Waals surface area (Å²) in [7, 11) is -2.40. The molecule has 0 aromatic rings. The summed E-state index contributed by atoms with van der Waals surface area (Å²) in [5.74, 6) is -0.664. The molecule has 0 aliphatic rings. The Labute approximate surface area is 212 Å². The smallest absolute Gasteiger partial charge is 0.481 e. The van der Waals surface area contributed by atoms with Crippen molar-refractivity contribution < 1.29 is 23.2 Å². The molecule has 0 atom stereocenters. The topological polar surface area (TPSA) is 91.0 Å². The third-order valence-corrected chi connectivity index (χ3v) is 8.58. The Morgan fingerprint density at radius 3 is 1.56 bits per heavy atom. The molecule has 0 amide bonds. The summed E-state index contributed by atoms with van der Waals surface area (Å²) in [6.45, 7) is 10.7. The van der Waals surface area contributed by atoms with Crippen LogP contribution in [0.15, 0.2) is 12.2 Å². The van der Waals surface area contributed by atoms with Gasteiger partial charge in [0.1, 0.15) is 0 Å². The largest absolute Gasteiger partial charge is 0.500 e. The van der Waals surface area contributed by atoms with Crippen LogP contribution >= 0.6 is 0 Å². The van der Waals surface area contributed by atoms with Crippen molar-refractivity contribution in [3.8, 4) is 0 Å². The zero-order valence-electron chi connectivity index (χ0n) is 23.0. The zero-order chi connectivity index (χ0) is 25.8. The molecule has 3 N–H and O–H groups in total. The minimum absolute atomic E-state index is 0.332. The summed E-state index contributed by atoms with van der Waals surface area (Å²) in [5.41, 5.74) is 5.48. The Morgan fingerprint density at radius 1 is 0.706 bits per heavy atom. The zero-order valence-corrected chi connectivity index (χ0v) is 24.0. The molecule has 7 heteroatoms. The molecule has 0 fully saturated rings. The van der Waals surface area contributed by atoms with E-state index in [9.17, 15) is 4.79 Å². The van der Waals surface area contributed by atoms with Gasteiger partial charge in [0, 0.05) is 32.3 Å². The van der Waals surface area contributed by atoms with Crippen LogP contribution in [0.2, 0.25) is 6.04 Å². The van der Waals surface area contributed by atoms with Gasteiger partial charge in [0.15, 0.2) is 0 Å². The Hall–Kier alpha value is -0.733. The summed E-state index contributed by atoms with van der Waals surface area (Å²) in [6.07, 6.45) is 22.1. The van der Waals surface area contributed by atoms with Gasteiger partial charge in [-0.15, -0.1) is 0 Å². The molecule has 0 aliphatic heterocycles. The predicted molar refractivity (Wildman–Crippen MR) is 146 cm³/mol. The first kappa shape index (κ1) is 35.4. The fraction of sp³-hybridized carbons (Fsp3) is 0.889. The van der Waals surface area contributed by atoms with Gasteiger partial charge in [-0.05, 0) is 65.8 Å². The van der Waals surface area contributed by atoms with Crippen LogP contribution in [-0.4, -0.2) is 46.2 Å². The van der Waals surface area contributed by atoms with Gasteiger partial charge in [0.2, 0.25) is 0 Å². The van der Waals surface area contributed by atoms with E-state index in [0.717, 1.165) is 25.3 Å². The van der Waals surface area contributed by atoms with Gasteiger partial charge >= 0.3 is 14.8 Å². The van der Waals surface area contributed by atoms with Crippen LogP contribution in [0.3, 0.4) is 0 Å². The van der Waals surface area contributed by atoms with Crippen molar-refractivity contribution in [2.75, 3.05) is 26.4 Å². The van der Waals surface area contributed by atoms with Crippen LogP contribution in [0.25, 0.3) is 0 Å². The second kappa shape index (κ2) is 28.5. The van der Waals surface area contributed by atoms with Gasteiger partial charge in [0.05, 0.1) is 0 Å². The number of carbonyl (C=O) groups is 1. The van der Waals surface area contributed by atoms with E-state index >= 15 is 0 Å². The molecule has 0 unspecified atom stereocenters. The van der Waals surface area contributed by atoms with Gasteiger partial charge < -0.3 is 24.1 Å². The molecular formula is C27H57NO5Si. The van der Waals surface area contributed by atoms with Crippen LogP contribution in [0.1, 0.15) is 124 Å². The predicted octanol–water partition coefficient (Wildman–Crippen LogP) is 7.49. The van der Waals surface area contributed by atoms with Gasteiger partial charge in [-0.25, -0.2) is 0 Å². The Kier molecular flexibility index (Phi) is 29.7. The maximum absolute atomic E-state index is 10.3. The molecule has 0 radical (unpaired) electrons. The van der Waals surface area contributed by atoms with Crippen LogP contribution in [0.5, 0.6) is 0 Å². The van der Waals surface area contributed by atoms with E-state index in [2.05, 4.69) is 19.1 Å². The molecule has 0 rings (SSSR count). The summed E-state index contributed by atoms with van der Waals surface area (Å²) < 4.78 is 17.0. The lowest BCUT2D eigenvalue weighted by Crippen LogP contribution is -2.46. The van der Waals surface area contributed by atoms with Crippen LogP contribution in [0, 0.1) is 0 Å². The molecule has 0 aromatic heterocycles. The standard InChI is InChI=1S/C18H34O2.C9H23NO3Si/c1-2-3-4-5-6-7-8-9-10-11-12-13-14-15-16-17-18(19)20;1-4-11-14(12-5-2,13-6-3)9-7-8-10/h9-10H,2-8,11-17H2,1H3,(H,19,20);4-10H2,1-3H3/b10-9-;. The second-order valence-electron chi connectivity index (χ2n) is 8.60. The van der Waals surface area contributed by atoms with Crippen molar-refractivity contribution in [1.82, 2.24) is 0 Å². The number of aliphatic carboxylic acids is 1. The highest BCUT2D eigenvalue weighted by molar-refractivity contribution is 6.60. The summed E-state index contributed by atoms with van der Waals surface area (Å²) >= 11 is 0. The van der Waals surface area contributed by atoms with Crippen molar-refractivity contribution in [3.05, 3.63) is 12.2 Å². The second-order valence-corrected chi connectivity index (χ2v) is 11.3. The van der Waals surface area contributed by atoms with Crippen molar-refractivity contribution in [1.29, 1.82) is 0 Å². The molecule has 34 heavy (non-hydrogen) atoms. The van der Waals surface area contributed by atoms with Crippen molar-refractivity contribution >= 4 is 14.8 Å². The van der Waals surface area contributed by atoms with E-state index in [4.69, 9.17) is 24.1 Å². The summed E-state index contributed by atoms with van der Waals surface area (Å²) in [6, 6.07) is 0.818. The summed E-state index contributed by atoms with van der Waals surface area (Å²) in [4.78, 5) is 10.3. The Bertz CT molecular complexity index is 432. The lowest BCUT2D eigenvalue weighted by molar-refractivity contribution is -0.137. The minimum atomic E-state index is -2.40. The fourth-order valence-electron chi connectivity index (χ4n) is 3.67. The van der Waals surface area contributed by atoms with Crippen LogP contribution < -0.4 is 5.73 Å². The lowest BCUT2D eigenvalue weighted by Gasteiger charge is -2.28. The van der Waals surface area contributed by atoms with E-state index in [1.54, 1.807) is 0 Å². The van der Waals surface area contributed by atoms with Crippen molar-refractivity contribution in [2.24, 2.45) is 5.73 Å². The molecule has 0 bridgehead atoms. The number of hydrogen-bond donors (Lipinski definition) is 2. The highest BCUT2D eigenvalue weighted by atomic mass is 28.4. The van der Waals surface area contributed by atoms with E-state index in [1.807, 2.05) is 20.8 Å². The normalized spacial score (nSPS) is 11.6. The highest BCUT2D eigenvalue weighted by Gasteiger charge is 2.39. The van der Waals surface area contributed by atoms with Crippen molar-refractivity contribution in [3.63, 3.8) is 0 Å².